The van der Waals surface area contributed by atoms with E-state index in [-0.39, 0.29) is 12.0 Å². The molecule has 168 valence electrons. The van der Waals surface area contributed by atoms with E-state index in [0.717, 1.165) is 25.7 Å². The number of halogens is 1. The lowest BCUT2D eigenvalue weighted by atomic mass is 9.94. The number of allylic oxidation sites excluding steroid dienone is 1. The van der Waals surface area contributed by atoms with Crippen LogP contribution in [0.5, 0.6) is 11.5 Å². The van der Waals surface area contributed by atoms with Gasteiger partial charge in [0.2, 0.25) is 0 Å². The second-order valence-corrected chi connectivity index (χ2v) is 8.35. The van der Waals surface area contributed by atoms with Crippen molar-refractivity contribution in [3.05, 3.63) is 64.3 Å². The van der Waals surface area contributed by atoms with Crippen molar-refractivity contribution in [2.45, 2.75) is 44.8 Å². The van der Waals surface area contributed by atoms with Gasteiger partial charge >= 0.3 is 6.03 Å². The van der Waals surface area contributed by atoms with E-state index in [0.29, 0.717) is 39.0 Å². The summed E-state index contributed by atoms with van der Waals surface area (Å²) in [5, 5.41) is 8.74. The van der Waals surface area contributed by atoms with Gasteiger partial charge in [0.15, 0.2) is 11.5 Å². The highest BCUT2D eigenvalue weighted by Gasteiger charge is 2.33. The summed E-state index contributed by atoms with van der Waals surface area (Å²) in [6.45, 7) is 1.69. The van der Waals surface area contributed by atoms with E-state index in [1.54, 1.807) is 38.3 Å². The van der Waals surface area contributed by atoms with E-state index in [9.17, 15) is 9.59 Å². The van der Waals surface area contributed by atoms with Crippen molar-refractivity contribution in [2.75, 3.05) is 12.4 Å². The highest BCUT2D eigenvalue weighted by Crippen LogP contribution is 2.40. The van der Waals surface area contributed by atoms with E-state index >= 15 is 0 Å². The first-order valence-corrected chi connectivity index (χ1v) is 11.0. The first-order valence-electron chi connectivity index (χ1n) is 10.6. The van der Waals surface area contributed by atoms with Gasteiger partial charge in [0.1, 0.15) is 0 Å². The first kappa shape index (κ1) is 22.0. The predicted octanol–water partition coefficient (Wildman–Crippen LogP) is 4.94. The van der Waals surface area contributed by atoms with Crippen molar-refractivity contribution in [1.82, 2.24) is 10.6 Å². The van der Waals surface area contributed by atoms with Gasteiger partial charge in [-0.2, -0.15) is 0 Å². The number of para-hydroxylation sites is 1. The van der Waals surface area contributed by atoms with Crippen molar-refractivity contribution in [2.24, 2.45) is 0 Å². The molecule has 3 N–H and O–H groups in total. The molecule has 0 radical (unpaired) electrons. The summed E-state index contributed by atoms with van der Waals surface area (Å²) in [7, 11) is 1.56. The summed E-state index contributed by atoms with van der Waals surface area (Å²) in [6.07, 6.45) is 4.42. The molecule has 2 aliphatic rings. The van der Waals surface area contributed by atoms with Gasteiger partial charge < -0.3 is 25.4 Å². The van der Waals surface area contributed by atoms with Gasteiger partial charge in [-0.05, 0) is 50.8 Å². The minimum atomic E-state index is -0.755. The van der Waals surface area contributed by atoms with Crippen molar-refractivity contribution in [1.29, 1.82) is 0 Å². The number of ether oxygens (including phenoxy) is 2. The molecule has 2 aromatic rings. The molecule has 1 aliphatic heterocycles. The SMILES string of the molecule is COc1cc([C@H]2NC(=O)NC(C)=C2C(=O)Nc2ccccc2)c(Cl)cc1OC1CCCC1. The Morgan fingerprint density at radius 3 is 2.53 bits per heavy atom. The van der Waals surface area contributed by atoms with Crippen LogP contribution in [0.4, 0.5) is 10.5 Å². The highest BCUT2D eigenvalue weighted by molar-refractivity contribution is 6.31. The van der Waals surface area contributed by atoms with E-state index in [1.807, 2.05) is 18.2 Å². The average Bonchev–Trinajstić information content (AvgIpc) is 3.27. The van der Waals surface area contributed by atoms with Gasteiger partial charge in [-0.15, -0.1) is 0 Å². The predicted molar refractivity (Wildman–Crippen MR) is 123 cm³/mol. The molecule has 1 fully saturated rings. The van der Waals surface area contributed by atoms with Crippen LogP contribution in [0.1, 0.15) is 44.2 Å². The fraction of sp³-hybridized carbons (Fsp3) is 0.333. The number of methoxy groups -OCH3 is 1. The second-order valence-electron chi connectivity index (χ2n) is 7.94. The number of urea groups is 1. The van der Waals surface area contributed by atoms with E-state index in [4.69, 9.17) is 21.1 Å². The summed E-state index contributed by atoms with van der Waals surface area (Å²) in [4.78, 5) is 25.4. The monoisotopic (exact) mass is 455 g/mol. The molecule has 7 nitrogen and oxygen atoms in total. The second kappa shape index (κ2) is 9.53. The average molecular weight is 456 g/mol. The van der Waals surface area contributed by atoms with Crippen LogP contribution in [0.2, 0.25) is 5.02 Å². The standard InChI is InChI=1S/C24H26ClN3O4/c1-14-21(23(29)27-15-8-4-3-5-9-15)22(28-24(30)26-14)17-12-19(31-2)20(13-18(17)25)32-16-10-6-7-11-16/h3-5,8-9,12-13,16,22H,6-7,10-11H2,1-2H3,(H,27,29)(H2,26,28,30)/t22-/m1/s1. The van der Waals surface area contributed by atoms with Crippen molar-refractivity contribution in [3.8, 4) is 11.5 Å². The highest BCUT2D eigenvalue weighted by atomic mass is 35.5. The quantitative estimate of drug-likeness (QED) is 0.575. The van der Waals surface area contributed by atoms with Crippen LogP contribution in [0.25, 0.3) is 0 Å². The third kappa shape index (κ3) is 4.67. The third-order valence-electron chi connectivity index (χ3n) is 5.74. The lowest BCUT2D eigenvalue weighted by Crippen LogP contribution is -2.46. The van der Waals surface area contributed by atoms with Crippen LogP contribution in [-0.4, -0.2) is 25.2 Å². The Balaban J connectivity index is 1.68. The molecule has 1 saturated carbocycles. The number of hydrogen-bond acceptors (Lipinski definition) is 4. The number of benzene rings is 2. The fourth-order valence-corrected chi connectivity index (χ4v) is 4.42. The normalized spacial score (nSPS) is 18.7. The molecule has 3 amide bonds. The Morgan fingerprint density at radius 2 is 1.84 bits per heavy atom. The lowest BCUT2D eigenvalue weighted by Gasteiger charge is -2.30. The number of amides is 3. The molecule has 0 saturated heterocycles. The van der Waals surface area contributed by atoms with E-state index < -0.39 is 12.1 Å². The topological polar surface area (TPSA) is 88.7 Å². The zero-order chi connectivity index (χ0) is 22.7. The Hall–Kier alpha value is -3.19. The summed E-state index contributed by atoms with van der Waals surface area (Å²) in [6, 6.07) is 11.4. The third-order valence-corrected chi connectivity index (χ3v) is 6.06. The van der Waals surface area contributed by atoms with Crippen LogP contribution in [0, 0.1) is 0 Å². The molecule has 8 heteroatoms. The smallest absolute Gasteiger partial charge is 0.319 e. The van der Waals surface area contributed by atoms with Crippen LogP contribution < -0.4 is 25.4 Å². The molecular weight excluding hydrogens is 430 g/mol. The van der Waals surface area contributed by atoms with Gasteiger partial charge in [0.05, 0.1) is 29.9 Å². The number of nitrogens with one attached hydrogen (secondary N) is 3. The molecule has 0 spiro atoms. The Morgan fingerprint density at radius 1 is 1.12 bits per heavy atom. The molecule has 0 bridgehead atoms. The maximum absolute atomic E-state index is 13.2. The Kier molecular flexibility index (Phi) is 6.55. The molecule has 32 heavy (non-hydrogen) atoms. The lowest BCUT2D eigenvalue weighted by molar-refractivity contribution is -0.113. The van der Waals surface area contributed by atoms with Crippen LogP contribution in [0.3, 0.4) is 0 Å². The van der Waals surface area contributed by atoms with Crippen LogP contribution in [-0.2, 0) is 4.79 Å². The maximum Gasteiger partial charge on any atom is 0.319 e. The molecule has 0 unspecified atom stereocenters. The van der Waals surface area contributed by atoms with Crippen molar-refractivity contribution >= 4 is 29.2 Å². The summed E-state index contributed by atoms with van der Waals surface area (Å²) in [5.41, 5.74) is 2.02. The minimum absolute atomic E-state index is 0.138. The molecule has 1 aliphatic carbocycles. The van der Waals surface area contributed by atoms with E-state index in [2.05, 4.69) is 16.0 Å². The molecule has 1 heterocycles. The van der Waals surface area contributed by atoms with Gasteiger partial charge in [-0.3, -0.25) is 4.79 Å². The number of carbonyl (C=O) groups is 2. The van der Waals surface area contributed by atoms with Gasteiger partial charge in [0, 0.05) is 23.0 Å². The fourth-order valence-electron chi connectivity index (χ4n) is 4.16. The number of carbonyl (C=O) groups excluding carboxylic acids is 2. The maximum atomic E-state index is 13.2. The molecule has 0 aromatic heterocycles. The molecule has 4 rings (SSSR count). The largest absolute Gasteiger partial charge is 0.493 e. The molecule has 1 atom stereocenters. The summed E-state index contributed by atoms with van der Waals surface area (Å²) < 4.78 is 11.7. The van der Waals surface area contributed by atoms with Gasteiger partial charge in [-0.1, -0.05) is 29.8 Å². The van der Waals surface area contributed by atoms with Crippen molar-refractivity contribution < 1.29 is 19.1 Å². The van der Waals surface area contributed by atoms with E-state index in [1.165, 1.54) is 0 Å². The minimum Gasteiger partial charge on any atom is -0.493 e. The Labute approximate surface area is 192 Å². The summed E-state index contributed by atoms with van der Waals surface area (Å²) in [5.74, 6) is 0.724. The molecular formula is C24H26ClN3O4. The zero-order valence-corrected chi connectivity index (χ0v) is 18.8. The van der Waals surface area contributed by atoms with Gasteiger partial charge in [0.25, 0.3) is 5.91 Å². The van der Waals surface area contributed by atoms with Crippen LogP contribution in [0.15, 0.2) is 53.7 Å². The molecule has 2 aromatic carbocycles. The Bertz CT molecular complexity index is 1050. The van der Waals surface area contributed by atoms with Crippen molar-refractivity contribution in [3.63, 3.8) is 0 Å². The van der Waals surface area contributed by atoms with Gasteiger partial charge in [-0.25, -0.2) is 4.79 Å². The number of hydrogen-bond donors (Lipinski definition) is 3. The zero-order valence-electron chi connectivity index (χ0n) is 18.0. The number of rotatable bonds is 6. The van der Waals surface area contributed by atoms with Crippen LogP contribution >= 0.6 is 11.6 Å². The summed E-state index contributed by atoms with van der Waals surface area (Å²) >= 11 is 6.64. The first-order chi connectivity index (χ1) is 15.5. The number of anilines is 1.